The maximum absolute atomic E-state index is 12.4. The van der Waals surface area contributed by atoms with Gasteiger partial charge in [0.05, 0.1) is 0 Å². The van der Waals surface area contributed by atoms with E-state index in [1.807, 2.05) is 25.7 Å². The smallest absolute Gasteiger partial charge is 0.410 e. The minimum Gasteiger partial charge on any atom is -0.444 e. The average Bonchev–Trinajstić information content (AvgIpc) is 2.25. The average molecular weight is 270 g/mol. The molecular weight excluding hydrogens is 240 g/mol. The van der Waals surface area contributed by atoms with Crippen LogP contribution in [0.1, 0.15) is 48.5 Å². The number of piperazine rings is 1. The zero-order valence-corrected chi connectivity index (χ0v) is 13.5. The molecule has 0 aromatic heterocycles. The lowest BCUT2D eigenvalue weighted by atomic mass is 9.95. The van der Waals surface area contributed by atoms with Crippen LogP contribution < -0.4 is 5.32 Å². The molecule has 0 aromatic carbocycles. The molecule has 0 aliphatic carbocycles. The van der Waals surface area contributed by atoms with Crippen molar-refractivity contribution in [3.8, 4) is 0 Å². The van der Waals surface area contributed by atoms with Gasteiger partial charge in [0, 0.05) is 25.2 Å². The summed E-state index contributed by atoms with van der Waals surface area (Å²) < 4.78 is 5.54. The molecule has 0 aromatic rings. The monoisotopic (exact) mass is 270 g/mol. The Kier molecular flexibility index (Phi) is 5.25. The van der Waals surface area contributed by atoms with Crippen molar-refractivity contribution >= 4 is 6.09 Å². The van der Waals surface area contributed by atoms with Gasteiger partial charge in [0.2, 0.25) is 0 Å². The van der Waals surface area contributed by atoms with E-state index < -0.39 is 5.60 Å². The molecule has 1 rings (SSSR count). The molecule has 1 amide bonds. The third kappa shape index (κ3) is 4.68. The first-order chi connectivity index (χ1) is 8.61. The summed E-state index contributed by atoms with van der Waals surface area (Å²) in [6.07, 6.45) is -0.182. The molecule has 1 saturated heterocycles. The number of carbonyl (C=O) groups is 1. The van der Waals surface area contributed by atoms with E-state index in [2.05, 4.69) is 33.0 Å². The normalized spacial score (nSPS) is 25.0. The van der Waals surface area contributed by atoms with Crippen LogP contribution in [-0.2, 0) is 4.74 Å². The van der Waals surface area contributed by atoms with Gasteiger partial charge in [-0.15, -0.1) is 0 Å². The minimum atomic E-state index is -0.434. The number of ether oxygens (including phenoxy) is 1. The van der Waals surface area contributed by atoms with Gasteiger partial charge in [0.15, 0.2) is 0 Å². The van der Waals surface area contributed by atoms with Crippen molar-refractivity contribution in [1.82, 2.24) is 10.2 Å². The lowest BCUT2D eigenvalue weighted by Crippen LogP contribution is -2.61. The van der Waals surface area contributed by atoms with E-state index in [0.29, 0.717) is 17.9 Å². The van der Waals surface area contributed by atoms with E-state index in [1.165, 1.54) is 0 Å². The van der Waals surface area contributed by atoms with Gasteiger partial charge >= 0.3 is 6.09 Å². The number of nitrogens with zero attached hydrogens (tertiary/aromatic N) is 1. The number of amides is 1. The molecule has 19 heavy (non-hydrogen) atoms. The van der Waals surface area contributed by atoms with Gasteiger partial charge in [-0.25, -0.2) is 4.79 Å². The molecule has 1 aliphatic rings. The molecule has 1 heterocycles. The van der Waals surface area contributed by atoms with Crippen molar-refractivity contribution < 1.29 is 9.53 Å². The second-order valence-corrected chi connectivity index (χ2v) is 7.20. The van der Waals surface area contributed by atoms with E-state index in [4.69, 9.17) is 4.74 Å². The Labute approximate surface area is 117 Å². The van der Waals surface area contributed by atoms with Gasteiger partial charge in [0.1, 0.15) is 5.60 Å². The Morgan fingerprint density at radius 2 is 1.79 bits per heavy atom. The molecule has 0 radical (unpaired) electrons. The van der Waals surface area contributed by atoms with Crippen LogP contribution in [0.3, 0.4) is 0 Å². The molecule has 0 unspecified atom stereocenters. The third-order valence-electron chi connectivity index (χ3n) is 3.59. The Balaban J connectivity index is 2.79. The Morgan fingerprint density at radius 3 is 2.21 bits per heavy atom. The number of carbonyl (C=O) groups excluding carboxylic acids is 1. The molecule has 0 bridgehead atoms. The molecule has 0 spiro atoms. The highest BCUT2D eigenvalue weighted by Crippen LogP contribution is 2.21. The van der Waals surface area contributed by atoms with E-state index in [-0.39, 0.29) is 12.1 Å². The first-order valence-corrected chi connectivity index (χ1v) is 7.35. The second-order valence-electron chi connectivity index (χ2n) is 7.20. The van der Waals surface area contributed by atoms with Crippen LogP contribution in [0, 0.1) is 11.8 Å². The summed E-state index contributed by atoms with van der Waals surface area (Å²) in [5.41, 5.74) is -0.434. The molecule has 112 valence electrons. The van der Waals surface area contributed by atoms with Crippen LogP contribution in [0.5, 0.6) is 0 Å². The highest BCUT2D eigenvalue weighted by molar-refractivity contribution is 5.69. The van der Waals surface area contributed by atoms with Crippen LogP contribution in [0.15, 0.2) is 0 Å². The standard InChI is InChI=1S/C15H30N2O2/c1-10(2)12-9-17(13(8-16-12)11(3)4)14(18)19-15(5,6)7/h10-13,16H,8-9H2,1-7H3/t12-,13-/m0/s1. The highest BCUT2D eigenvalue weighted by atomic mass is 16.6. The van der Waals surface area contributed by atoms with Gasteiger partial charge in [-0.3, -0.25) is 0 Å². The predicted octanol–water partition coefficient (Wildman–Crippen LogP) is 2.88. The van der Waals surface area contributed by atoms with Gasteiger partial charge in [-0.2, -0.15) is 0 Å². The number of nitrogens with one attached hydrogen (secondary N) is 1. The fourth-order valence-corrected chi connectivity index (χ4v) is 2.37. The summed E-state index contributed by atoms with van der Waals surface area (Å²) in [6.45, 7) is 16.0. The van der Waals surface area contributed by atoms with Crippen molar-refractivity contribution in [2.24, 2.45) is 11.8 Å². The number of hydrogen-bond donors (Lipinski definition) is 1. The van der Waals surface area contributed by atoms with Gasteiger partial charge in [-0.05, 0) is 32.6 Å². The van der Waals surface area contributed by atoms with E-state index in [0.717, 1.165) is 13.1 Å². The maximum atomic E-state index is 12.4. The number of rotatable bonds is 2. The van der Waals surface area contributed by atoms with Crippen molar-refractivity contribution in [3.05, 3.63) is 0 Å². The summed E-state index contributed by atoms with van der Waals surface area (Å²) in [4.78, 5) is 14.3. The highest BCUT2D eigenvalue weighted by Gasteiger charge is 2.36. The van der Waals surface area contributed by atoms with Crippen LogP contribution in [0.2, 0.25) is 0 Å². The largest absolute Gasteiger partial charge is 0.444 e. The minimum absolute atomic E-state index is 0.182. The van der Waals surface area contributed by atoms with Crippen LogP contribution >= 0.6 is 0 Å². The molecule has 1 N–H and O–H groups in total. The second kappa shape index (κ2) is 6.12. The van der Waals surface area contributed by atoms with Crippen molar-refractivity contribution in [2.75, 3.05) is 13.1 Å². The predicted molar refractivity (Wildman–Crippen MR) is 78.2 cm³/mol. The maximum Gasteiger partial charge on any atom is 0.410 e. The fourth-order valence-electron chi connectivity index (χ4n) is 2.37. The summed E-state index contributed by atoms with van der Waals surface area (Å²) in [7, 11) is 0. The van der Waals surface area contributed by atoms with E-state index >= 15 is 0 Å². The topological polar surface area (TPSA) is 41.6 Å². The quantitative estimate of drug-likeness (QED) is 0.839. The Hall–Kier alpha value is -0.770. The van der Waals surface area contributed by atoms with Gasteiger partial charge in [0.25, 0.3) is 0 Å². The molecular formula is C15H30N2O2. The molecule has 4 heteroatoms. The molecule has 2 atom stereocenters. The molecule has 4 nitrogen and oxygen atoms in total. The fraction of sp³-hybridized carbons (Fsp3) is 0.933. The SMILES string of the molecule is CC(C)[C@@H]1CN(C(=O)OC(C)(C)C)[C@H](C(C)C)CN1. The van der Waals surface area contributed by atoms with Crippen LogP contribution in [0.25, 0.3) is 0 Å². The first kappa shape index (κ1) is 16.3. The zero-order valence-electron chi connectivity index (χ0n) is 13.5. The van der Waals surface area contributed by atoms with Gasteiger partial charge in [-0.1, -0.05) is 27.7 Å². The summed E-state index contributed by atoms with van der Waals surface area (Å²) in [5.74, 6) is 0.936. The molecule has 0 saturated carbocycles. The number of hydrogen-bond acceptors (Lipinski definition) is 3. The summed E-state index contributed by atoms with van der Waals surface area (Å²) in [5, 5.41) is 3.55. The Bertz CT molecular complexity index is 308. The first-order valence-electron chi connectivity index (χ1n) is 7.35. The van der Waals surface area contributed by atoms with Crippen LogP contribution in [0.4, 0.5) is 4.79 Å². The van der Waals surface area contributed by atoms with E-state index in [9.17, 15) is 4.79 Å². The summed E-state index contributed by atoms with van der Waals surface area (Å²) in [6, 6.07) is 0.562. The van der Waals surface area contributed by atoms with Crippen molar-refractivity contribution in [3.63, 3.8) is 0 Å². The summed E-state index contributed by atoms with van der Waals surface area (Å²) >= 11 is 0. The van der Waals surface area contributed by atoms with Crippen molar-refractivity contribution in [2.45, 2.75) is 66.2 Å². The third-order valence-corrected chi connectivity index (χ3v) is 3.59. The Morgan fingerprint density at radius 1 is 1.21 bits per heavy atom. The molecule has 1 fully saturated rings. The van der Waals surface area contributed by atoms with Crippen LogP contribution in [-0.4, -0.2) is 41.8 Å². The molecule has 1 aliphatic heterocycles. The van der Waals surface area contributed by atoms with E-state index in [1.54, 1.807) is 0 Å². The van der Waals surface area contributed by atoms with Gasteiger partial charge < -0.3 is 15.0 Å². The zero-order chi connectivity index (χ0) is 14.8. The lowest BCUT2D eigenvalue weighted by Gasteiger charge is -2.43. The van der Waals surface area contributed by atoms with Crippen molar-refractivity contribution in [1.29, 1.82) is 0 Å². The lowest BCUT2D eigenvalue weighted by molar-refractivity contribution is -0.00125.